The van der Waals surface area contributed by atoms with E-state index in [1.54, 1.807) is 24.3 Å². The number of nitrogens with zero attached hydrogens (tertiary/aromatic N) is 1. The number of hydrogen-bond acceptors (Lipinski definition) is 11. The van der Waals surface area contributed by atoms with E-state index in [2.05, 4.69) is 6.92 Å². The molecule has 0 unspecified atom stereocenters. The zero-order valence-electron chi connectivity index (χ0n) is 25.6. The van der Waals surface area contributed by atoms with Crippen LogP contribution in [-0.4, -0.2) is 128 Å². The van der Waals surface area contributed by atoms with Crippen molar-refractivity contribution in [3.63, 3.8) is 0 Å². The maximum atomic E-state index is 12.3. The molecule has 0 bridgehead atoms. The van der Waals surface area contributed by atoms with Crippen LogP contribution in [0.3, 0.4) is 0 Å². The van der Waals surface area contributed by atoms with Crippen molar-refractivity contribution in [3.8, 4) is 0 Å². The number of hydrogen-bond donors (Lipinski definition) is 0. The fraction of sp³-hybridized carbons (Fsp3) is 0.710. The van der Waals surface area contributed by atoms with Gasteiger partial charge in [0.25, 0.3) is 11.8 Å². The Labute approximate surface area is 255 Å². The van der Waals surface area contributed by atoms with Crippen molar-refractivity contribution >= 4 is 17.8 Å². The highest BCUT2D eigenvalue weighted by Crippen LogP contribution is 2.21. The largest absolute Gasteiger partial charge is 0.463 e. The second-order valence-corrected chi connectivity index (χ2v) is 9.63. The van der Waals surface area contributed by atoms with E-state index in [-0.39, 0.29) is 37.5 Å². The van der Waals surface area contributed by atoms with Gasteiger partial charge in [0.2, 0.25) is 0 Å². The van der Waals surface area contributed by atoms with Gasteiger partial charge >= 0.3 is 5.97 Å². The molecule has 1 heterocycles. The molecule has 244 valence electrons. The maximum absolute atomic E-state index is 12.3. The van der Waals surface area contributed by atoms with Gasteiger partial charge in [0.1, 0.15) is 6.61 Å². The SMILES string of the molecule is CCCCCCC(=O)OCCOCCOCCOCCOCCOCCOCCOCCN1C(=O)c2ccccc2C1=O. The lowest BCUT2D eigenvalue weighted by molar-refractivity contribution is -0.145. The summed E-state index contributed by atoms with van der Waals surface area (Å²) in [5.41, 5.74) is 0.882. The van der Waals surface area contributed by atoms with Crippen LogP contribution in [0.5, 0.6) is 0 Å². The molecule has 12 nitrogen and oxygen atoms in total. The van der Waals surface area contributed by atoms with Crippen molar-refractivity contribution in [1.29, 1.82) is 0 Å². The average molecular weight is 612 g/mol. The molecular weight excluding hydrogens is 562 g/mol. The zero-order valence-corrected chi connectivity index (χ0v) is 25.6. The first kappa shape index (κ1) is 36.7. The summed E-state index contributed by atoms with van der Waals surface area (Å²) >= 11 is 0. The summed E-state index contributed by atoms with van der Waals surface area (Å²) in [6, 6.07) is 6.81. The van der Waals surface area contributed by atoms with Gasteiger partial charge in [0, 0.05) is 6.42 Å². The molecular formula is C31H49NO11. The number of amides is 2. The Kier molecular flexibility index (Phi) is 21.3. The molecule has 0 radical (unpaired) electrons. The van der Waals surface area contributed by atoms with Crippen LogP contribution >= 0.6 is 0 Å². The molecule has 0 atom stereocenters. The van der Waals surface area contributed by atoms with Crippen molar-refractivity contribution in [3.05, 3.63) is 35.4 Å². The Balaban J connectivity index is 1.22. The van der Waals surface area contributed by atoms with Gasteiger partial charge in [0.05, 0.1) is 110 Å². The number of carbonyl (C=O) groups excluding carboxylic acids is 3. The minimum absolute atomic E-state index is 0.160. The third-order valence-corrected chi connectivity index (χ3v) is 6.29. The van der Waals surface area contributed by atoms with E-state index in [0.717, 1.165) is 25.7 Å². The number of unbranched alkanes of at least 4 members (excludes halogenated alkanes) is 3. The van der Waals surface area contributed by atoms with E-state index in [1.165, 1.54) is 4.90 Å². The quantitative estimate of drug-likeness (QED) is 0.0754. The first-order valence-electron chi connectivity index (χ1n) is 15.3. The number of imide groups is 1. The first-order valence-corrected chi connectivity index (χ1v) is 15.3. The Morgan fingerprint density at radius 2 is 0.953 bits per heavy atom. The summed E-state index contributed by atoms with van der Waals surface area (Å²) in [5, 5.41) is 0. The van der Waals surface area contributed by atoms with Crippen LogP contribution in [0.25, 0.3) is 0 Å². The van der Waals surface area contributed by atoms with Gasteiger partial charge in [-0.05, 0) is 18.6 Å². The minimum atomic E-state index is -0.279. The molecule has 0 aromatic heterocycles. The standard InChI is InChI=1S/C31H49NO11/c1-2-3-4-5-10-29(33)43-26-25-42-24-23-41-22-21-40-20-19-39-18-17-38-16-15-37-14-13-36-12-11-32-30(34)27-8-6-7-9-28(27)31(32)35/h6-9H,2-5,10-26H2,1H3. The second-order valence-electron chi connectivity index (χ2n) is 9.63. The van der Waals surface area contributed by atoms with Crippen LogP contribution in [0.2, 0.25) is 0 Å². The maximum Gasteiger partial charge on any atom is 0.305 e. The van der Waals surface area contributed by atoms with Crippen LogP contribution in [-0.2, 0) is 42.7 Å². The predicted octanol–water partition coefficient (Wildman–Crippen LogP) is 2.91. The number of esters is 1. The van der Waals surface area contributed by atoms with Gasteiger partial charge in [0.15, 0.2) is 0 Å². The molecule has 0 N–H and O–H groups in total. The molecule has 1 aliphatic rings. The Morgan fingerprint density at radius 1 is 0.558 bits per heavy atom. The molecule has 0 spiro atoms. The molecule has 43 heavy (non-hydrogen) atoms. The monoisotopic (exact) mass is 611 g/mol. The normalized spacial score (nSPS) is 12.7. The minimum Gasteiger partial charge on any atom is -0.463 e. The van der Waals surface area contributed by atoms with Crippen LogP contribution < -0.4 is 0 Å². The highest BCUT2D eigenvalue weighted by atomic mass is 16.6. The van der Waals surface area contributed by atoms with Crippen molar-refractivity contribution in [1.82, 2.24) is 4.90 Å². The summed E-state index contributed by atoms with van der Waals surface area (Å²) in [6.07, 6.45) is 4.73. The fourth-order valence-corrected chi connectivity index (χ4v) is 4.00. The Hall–Kier alpha value is -2.45. The van der Waals surface area contributed by atoms with E-state index >= 15 is 0 Å². The van der Waals surface area contributed by atoms with Gasteiger partial charge in [-0.25, -0.2) is 0 Å². The zero-order chi connectivity index (χ0) is 30.8. The molecule has 0 fully saturated rings. The molecule has 1 aromatic rings. The summed E-state index contributed by atoms with van der Waals surface area (Å²) < 4.78 is 43.2. The van der Waals surface area contributed by atoms with E-state index in [4.69, 9.17) is 37.9 Å². The van der Waals surface area contributed by atoms with Gasteiger partial charge in [-0.1, -0.05) is 38.3 Å². The summed E-state index contributed by atoms with van der Waals surface area (Å²) in [7, 11) is 0. The van der Waals surface area contributed by atoms with Crippen molar-refractivity contribution in [2.45, 2.75) is 39.0 Å². The summed E-state index contributed by atoms with van der Waals surface area (Å²) in [5.74, 6) is -0.717. The summed E-state index contributed by atoms with van der Waals surface area (Å²) in [6.45, 7) is 8.60. The summed E-state index contributed by atoms with van der Waals surface area (Å²) in [4.78, 5) is 37.3. The van der Waals surface area contributed by atoms with Crippen molar-refractivity contribution < 1.29 is 52.3 Å². The number of fused-ring (bicyclic) bond motifs is 1. The smallest absolute Gasteiger partial charge is 0.305 e. The van der Waals surface area contributed by atoms with Crippen molar-refractivity contribution in [2.24, 2.45) is 0 Å². The van der Waals surface area contributed by atoms with E-state index in [0.29, 0.717) is 103 Å². The number of rotatable bonds is 29. The lowest BCUT2D eigenvalue weighted by Crippen LogP contribution is -2.33. The van der Waals surface area contributed by atoms with Gasteiger partial charge in [-0.2, -0.15) is 0 Å². The third kappa shape index (κ3) is 16.8. The van der Waals surface area contributed by atoms with Gasteiger partial charge in [-0.3, -0.25) is 19.3 Å². The van der Waals surface area contributed by atoms with Gasteiger partial charge in [-0.15, -0.1) is 0 Å². The highest BCUT2D eigenvalue weighted by Gasteiger charge is 2.34. The number of benzene rings is 1. The van der Waals surface area contributed by atoms with Crippen LogP contribution in [0.4, 0.5) is 0 Å². The molecule has 0 aliphatic carbocycles. The molecule has 2 rings (SSSR count). The third-order valence-electron chi connectivity index (χ3n) is 6.29. The molecule has 1 aliphatic heterocycles. The molecule has 12 heteroatoms. The lowest BCUT2D eigenvalue weighted by atomic mass is 10.1. The van der Waals surface area contributed by atoms with E-state index < -0.39 is 0 Å². The van der Waals surface area contributed by atoms with Crippen LogP contribution in [0.1, 0.15) is 59.7 Å². The van der Waals surface area contributed by atoms with E-state index in [9.17, 15) is 14.4 Å². The number of carbonyl (C=O) groups is 3. The molecule has 0 saturated carbocycles. The van der Waals surface area contributed by atoms with Crippen molar-refractivity contribution in [2.75, 3.05) is 106 Å². The second kappa shape index (κ2) is 24.9. The lowest BCUT2D eigenvalue weighted by Gasteiger charge is -2.13. The Bertz CT molecular complexity index is 863. The predicted molar refractivity (Wildman–Crippen MR) is 157 cm³/mol. The number of ether oxygens (including phenoxy) is 8. The van der Waals surface area contributed by atoms with E-state index in [1.807, 2.05) is 0 Å². The molecule has 2 amide bonds. The fourth-order valence-electron chi connectivity index (χ4n) is 4.00. The topological polar surface area (TPSA) is 128 Å². The molecule has 1 aromatic carbocycles. The first-order chi connectivity index (χ1) is 21.1. The van der Waals surface area contributed by atoms with Crippen LogP contribution in [0.15, 0.2) is 24.3 Å². The molecule has 0 saturated heterocycles. The highest BCUT2D eigenvalue weighted by molar-refractivity contribution is 6.21. The van der Waals surface area contributed by atoms with Crippen LogP contribution in [0, 0.1) is 0 Å². The van der Waals surface area contributed by atoms with Gasteiger partial charge < -0.3 is 37.9 Å². The Morgan fingerprint density at radius 3 is 1.37 bits per heavy atom. The average Bonchev–Trinajstić information content (AvgIpc) is 3.26.